The number of benzene rings is 3. The molecule has 0 radical (unpaired) electrons. The van der Waals surface area contributed by atoms with Gasteiger partial charge in [0, 0.05) is 17.0 Å². The summed E-state index contributed by atoms with van der Waals surface area (Å²) in [5.41, 5.74) is 2.13. The largest absolute Gasteiger partial charge is 0.497 e. The second-order valence-corrected chi connectivity index (χ2v) is 6.84. The third-order valence-corrected chi connectivity index (χ3v) is 4.86. The van der Waals surface area contributed by atoms with Gasteiger partial charge in [-0.1, -0.05) is 36.4 Å². The molecule has 1 aromatic heterocycles. The predicted molar refractivity (Wildman–Crippen MR) is 122 cm³/mol. The summed E-state index contributed by atoms with van der Waals surface area (Å²) < 4.78 is 22.1. The minimum absolute atomic E-state index is 0.405. The van der Waals surface area contributed by atoms with E-state index in [0.29, 0.717) is 40.6 Å². The topological polar surface area (TPSA) is 57.9 Å². The Morgan fingerprint density at radius 1 is 0.839 bits per heavy atom. The fraction of sp³-hybridized carbons (Fsp3) is 0.115. The van der Waals surface area contributed by atoms with Gasteiger partial charge in [-0.05, 0) is 48.0 Å². The summed E-state index contributed by atoms with van der Waals surface area (Å²) in [6.07, 6.45) is 3.93. The van der Waals surface area contributed by atoms with Crippen molar-refractivity contribution in [2.24, 2.45) is 0 Å². The maximum atomic E-state index is 12.7. The highest BCUT2D eigenvalue weighted by atomic mass is 16.5. The van der Waals surface area contributed by atoms with Crippen LogP contribution in [0.1, 0.15) is 5.56 Å². The molecule has 0 unspecified atom stereocenters. The van der Waals surface area contributed by atoms with Crippen LogP contribution in [-0.4, -0.2) is 20.8 Å². The zero-order chi connectivity index (χ0) is 21.6. The molecule has 0 amide bonds. The lowest BCUT2D eigenvalue weighted by Crippen LogP contribution is -2.04. The zero-order valence-electron chi connectivity index (χ0n) is 17.3. The van der Waals surface area contributed by atoms with Crippen molar-refractivity contribution in [3.05, 3.63) is 94.9 Å². The molecule has 0 N–H and O–H groups in total. The van der Waals surface area contributed by atoms with Crippen LogP contribution in [0.5, 0.6) is 17.2 Å². The van der Waals surface area contributed by atoms with Crippen LogP contribution in [-0.2, 0) is 0 Å². The van der Waals surface area contributed by atoms with Crippen LogP contribution < -0.4 is 19.8 Å². The fourth-order valence-corrected chi connectivity index (χ4v) is 3.29. The van der Waals surface area contributed by atoms with Crippen molar-refractivity contribution in [3.8, 4) is 28.4 Å². The van der Waals surface area contributed by atoms with Gasteiger partial charge < -0.3 is 18.6 Å². The summed E-state index contributed by atoms with van der Waals surface area (Å²) in [5, 5.41) is 0.784. The lowest BCUT2D eigenvalue weighted by molar-refractivity contribution is 0.363. The molecule has 4 rings (SSSR count). The highest BCUT2D eigenvalue weighted by Crippen LogP contribution is 2.33. The molecule has 5 heteroatoms. The molecule has 0 atom stereocenters. The van der Waals surface area contributed by atoms with Crippen LogP contribution in [0.3, 0.4) is 0 Å². The number of hydrogen-bond donors (Lipinski definition) is 0. The predicted octanol–water partition coefficient (Wildman–Crippen LogP) is 5.57. The Kier molecular flexibility index (Phi) is 6.03. The summed E-state index contributed by atoms with van der Waals surface area (Å²) in [5.74, 6) is 1.82. The minimum Gasteiger partial charge on any atom is -0.497 e. The van der Waals surface area contributed by atoms with Crippen LogP contribution in [0.2, 0.25) is 0 Å². The summed E-state index contributed by atoms with van der Waals surface area (Å²) in [6, 6.07) is 22.5. The monoisotopic (exact) mass is 414 g/mol. The van der Waals surface area contributed by atoms with Crippen molar-refractivity contribution >= 4 is 17.0 Å². The minimum atomic E-state index is -0.458. The normalized spacial score (nSPS) is 11.0. The van der Waals surface area contributed by atoms with Crippen LogP contribution >= 0.6 is 0 Å². The molecular weight excluding hydrogens is 392 g/mol. The molecule has 0 aliphatic carbocycles. The van der Waals surface area contributed by atoms with Gasteiger partial charge in [-0.3, -0.25) is 0 Å². The summed E-state index contributed by atoms with van der Waals surface area (Å²) >= 11 is 0. The fourth-order valence-electron chi connectivity index (χ4n) is 3.29. The van der Waals surface area contributed by atoms with Gasteiger partial charge in [-0.15, -0.1) is 0 Å². The third kappa shape index (κ3) is 4.61. The maximum absolute atomic E-state index is 12.7. The van der Waals surface area contributed by atoms with Gasteiger partial charge in [-0.2, -0.15) is 0 Å². The van der Waals surface area contributed by atoms with E-state index in [-0.39, 0.29) is 0 Å². The molecule has 0 aliphatic rings. The lowest BCUT2D eigenvalue weighted by atomic mass is 10.0. The smallest absolute Gasteiger partial charge is 0.344 e. The van der Waals surface area contributed by atoms with Crippen molar-refractivity contribution in [1.82, 2.24) is 0 Å². The standard InChI is InChI=1S/C26H22O5/c1-28-20-12-13-24(29-2)22(16-20)23-15-19-10-11-21(17-25(19)31-26(23)27)30-14-6-9-18-7-4-3-5-8-18/h3-13,15-17H,14H2,1-2H3/b9-6+. The summed E-state index contributed by atoms with van der Waals surface area (Å²) in [4.78, 5) is 12.7. The Bertz CT molecular complexity index is 1270. The Morgan fingerprint density at radius 2 is 1.65 bits per heavy atom. The van der Waals surface area contributed by atoms with Crippen molar-refractivity contribution in [2.75, 3.05) is 20.8 Å². The highest BCUT2D eigenvalue weighted by Gasteiger charge is 2.14. The molecule has 5 nitrogen and oxygen atoms in total. The van der Waals surface area contributed by atoms with E-state index in [1.165, 1.54) is 0 Å². The second kappa shape index (κ2) is 9.22. The van der Waals surface area contributed by atoms with Crippen molar-refractivity contribution in [1.29, 1.82) is 0 Å². The molecule has 3 aromatic carbocycles. The molecule has 0 bridgehead atoms. The van der Waals surface area contributed by atoms with E-state index < -0.39 is 5.63 Å². The maximum Gasteiger partial charge on any atom is 0.344 e. The Hall–Kier alpha value is -3.99. The van der Waals surface area contributed by atoms with Gasteiger partial charge in [0.15, 0.2) is 0 Å². The number of methoxy groups -OCH3 is 2. The Balaban J connectivity index is 1.58. The van der Waals surface area contributed by atoms with E-state index in [0.717, 1.165) is 10.9 Å². The van der Waals surface area contributed by atoms with Crippen molar-refractivity contribution in [2.45, 2.75) is 0 Å². The first-order valence-corrected chi connectivity index (χ1v) is 9.82. The van der Waals surface area contributed by atoms with Crippen molar-refractivity contribution in [3.63, 3.8) is 0 Å². The number of ether oxygens (including phenoxy) is 3. The first-order valence-electron chi connectivity index (χ1n) is 9.82. The van der Waals surface area contributed by atoms with Crippen LogP contribution in [0.25, 0.3) is 28.2 Å². The molecule has 0 fully saturated rings. The second-order valence-electron chi connectivity index (χ2n) is 6.84. The van der Waals surface area contributed by atoms with E-state index in [2.05, 4.69) is 0 Å². The van der Waals surface area contributed by atoms with Crippen LogP contribution in [0, 0.1) is 0 Å². The average molecular weight is 414 g/mol. The van der Waals surface area contributed by atoms with Crippen LogP contribution in [0.4, 0.5) is 0 Å². The number of hydrogen-bond acceptors (Lipinski definition) is 5. The van der Waals surface area contributed by atoms with E-state index >= 15 is 0 Å². The van der Waals surface area contributed by atoms with Gasteiger partial charge >= 0.3 is 5.63 Å². The molecule has 0 saturated heterocycles. The quantitative estimate of drug-likeness (QED) is 0.370. The van der Waals surface area contributed by atoms with E-state index in [9.17, 15) is 4.79 Å². The van der Waals surface area contributed by atoms with E-state index in [1.807, 2.05) is 54.6 Å². The van der Waals surface area contributed by atoms with E-state index in [4.69, 9.17) is 18.6 Å². The van der Waals surface area contributed by atoms with Gasteiger partial charge in [-0.25, -0.2) is 4.79 Å². The molecule has 1 heterocycles. The first-order chi connectivity index (χ1) is 15.2. The molecule has 156 valence electrons. The molecule has 4 aromatic rings. The van der Waals surface area contributed by atoms with Gasteiger partial charge in [0.2, 0.25) is 0 Å². The number of rotatable bonds is 7. The Morgan fingerprint density at radius 3 is 2.42 bits per heavy atom. The lowest BCUT2D eigenvalue weighted by Gasteiger charge is -2.10. The van der Waals surface area contributed by atoms with Gasteiger partial charge in [0.1, 0.15) is 29.4 Å². The molecule has 0 saturated carbocycles. The van der Waals surface area contributed by atoms with Crippen LogP contribution in [0.15, 0.2) is 88.1 Å². The molecule has 0 aliphatic heterocycles. The van der Waals surface area contributed by atoms with Gasteiger partial charge in [0.05, 0.1) is 19.8 Å². The van der Waals surface area contributed by atoms with Gasteiger partial charge in [0.25, 0.3) is 0 Å². The Labute approximate surface area is 180 Å². The zero-order valence-corrected chi connectivity index (χ0v) is 17.3. The first kappa shape index (κ1) is 20.3. The summed E-state index contributed by atoms with van der Waals surface area (Å²) in [7, 11) is 3.13. The highest BCUT2D eigenvalue weighted by molar-refractivity contribution is 5.84. The third-order valence-electron chi connectivity index (χ3n) is 4.86. The average Bonchev–Trinajstić information content (AvgIpc) is 2.81. The SMILES string of the molecule is COc1ccc(OC)c(-c2cc3ccc(OC/C=C/c4ccccc4)cc3oc2=O)c1. The number of fused-ring (bicyclic) bond motifs is 1. The summed E-state index contributed by atoms with van der Waals surface area (Å²) in [6.45, 7) is 0.406. The molecular formula is C26H22O5. The molecule has 0 spiro atoms. The van der Waals surface area contributed by atoms with Crippen molar-refractivity contribution < 1.29 is 18.6 Å². The van der Waals surface area contributed by atoms with E-state index in [1.54, 1.807) is 44.6 Å². The molecule has 31 heavy (non-hydrogen) atoms.